The number of likely N-dealkylation sites (tertiary alicyclic amines) is 1. The van der Waals surface area contributed by atoms with Gasteiger partial charge in [-0.1, -0.05) is 24.3 Å². The molecule has 9 nitrogen and oxygen atoms in total. The third-order valence-electron chi connectivity index (χ3n) is 8.63. The number of amides is 2. The highest BCUT2D eigenvalue weighted by Crippen LogP contribution is 2.24. The lowest BCUT2D eigenvalue weighted by molar-refractivity contribution is 0.0592. The van der Waals surface area contributed by atoms with Gasteiger partial charge >= 0.3 is 0 Å². The molecule has 0 bridgehead atoms. The van der Waals surface area contributed by atoms with Crippen LogP contribution in [0.15, 0.2) is 97.1 Å². The van der Waals surface area contributed by atoms with E-state index in [0.717, 1.165) is 48.5 Å². The number of carbonyl (C=O) groups excluding carboxylic acids is 2. The van der Waals surface area contributed by atoms with E-state index in [2.05, 4.69) is 14.8 Å². The molecule has 12 heteroatoms. The average molecular weight is 709 g/mol. The second-order valence-corrected chi connectivity index (χ2v) is 11.6. The molecule has 0 unspecified atom stereocenters. The number of benzene rings is 4. The van der Waals surface area contributed by atoms with E-state index >= 15 is 0 Å². The summed E-state index contributed by atoms with van der Waals surface area (Å²) in [6, 6.07) is 28.4. The fourth-order valence-electron chi connectivity index (χ4n) is 5.92. The average Bonchev–Trinajstić information content (AvgIpc) is 3.46. The molecule has 49 heavy (non-hydrogen) atoms. The summed E-state index contributed by atoms with van der Waals surface area (Å²) >= 11 is 0. The topological polar surface area (TPSA) is 88.9 Å². The molecule has 258 valence electrons. The summed E-state index contributed by atoms with van der Waals surface area (Å²) in [6.45, 7) is 2.98. The highest BCUT2D eigenvalue weighted by Gasteiger charge is 2.27. The van der Waals surface area contributed by atoms with Gasteiger partial charge in [-0.05, 0) is 91.2 Å². The molecule has 5 aromatic rings. The van der Waals surface area contributed by atoms with Gasteiger partial charge in [-0.2, -0.15) is 0 Å². The number of nitrogens with zero attached hydrogens (tertiary/aromatic N) is 4. The fraction of sp³-hybridized carbons (Fsp3) is 0.270. The molecule has 1 N–H and O–H groups in total. The zero-order valence-corrected chi connectivity index (χ0v) is 29.0. The summed E-state index contributed by atoms with van der Waals surface area (Å²) in [6.07, 6.45) is 1.75. The van der Waals surface area contributed by atoms with Crippen LogP contribution >= 0.6 is 24.8 Å². The zero-order valence-electron chi connectivity index (χ0n) is 27.4. The predicted molar refractivity (Wildman–Crippen MR) is 194 cm³/mol. The van der Waals surface area contributed by atoms with E-state index in [1.54, 1.807) is 74.9 Å². The highest BCUT2D eigenvalue weighted by atomic mass is 35.5. The quantitative estimate of drug-likeness (QED) is 0.149. The molecule has 0 aliphatic carbocycles. The number of aromatic nitrogens is 2. The molecule has 1 aliphatic heterocycles. The minimum Gasteiger partial charge on any atom is -0.497 e. The van der Waals surface area contributed by atoms with E-state index < -0.39 is 0 Å². The number of para-hydroxylation sites is 2. The van der Waals surface area contributed by atoms with Crippen molar-refractivity contribution in [3.8, 4) is 11.5 Å². The first-order valence-corrected chi connectivity index (χ1v) is 15.7. The van der Waals surface area contributed by atoms with Crippen molar-refractivity contribution in [2.75, 3.05) is 45.7 Å². The van der Waals surface area contributed by atoms with Gasteiger partial charge < -0.3 is 24.3 Å². The molecular formula is C37H40Cl2FN5O4. The van der Waals surface area contributed by atoms with Gasteiger partial charge in [-0.25, -0.2) is 9.37 Å². The summed E-state index contributed by atoms with van der Waals surface area (Å²) in [5.41, 5.74) is 3.74. The number of hydrogen-bond donors (Lipinski definition) is 1. The van der Waals surface area contributed by atoms with Gasteiger partial charge in [-0.3, -0.25) is 14.5 Å². The smallest absolute Gasteiger partial charge is 0.260 e. The van der Waals surface area contributed by atoms with E-state index in [-0.39, 0.29) is 55.0 Å². The van der Waals surface area contributed by atoms with Gasteiger partial charge in [0.1, 0.15) is 17.3 Å². The van der Waals surface area contributed by atoms with Crippen molar-refractivity contribution in [2.24, 2.45) is 0 Å². The number of rotatable bonds is 11. The van der Waals surface area contributed by atoms with Gasteiger partial charge in [0.15, 0.2) is 0 Å². The molecule has 1 fully saturated rings. The number of imidazole rings is 1. The van der Waals surface area contributed by atoms with Crippen LogP contribution in [-0.2, 0) is 6.54 Å². The van der Waals surface area contributed by atoms with E-state index in [9.17, 15) is 14.0 Å². The Morgan fingerprint density at radius 1 is 0.816 bits per heavy atom. The normalized spacial score (nSPS) is 13.2. The molecule has 6 rings (SSSR count). The molecular weight excluding hydrogens is 668 g/mol. The maximum Gasteiger partial charge on any atom is 0.260 e. The molecule has 4 aromatic carbocycles. The number of nitrogens with one attached hydrogen (secondary N) is 1. The number of ether oxygens (including phenoxy) is 2. The Morgan fingerprint density at radius 3 is 1.92 bits per heavy atom. The number of methoxy groups -OCH3 is 2. The molecule has 1 aromatic heterocycles. The molecule has 0 saturated carbocycles. The van der Waals surface area contributed by atoms with Crippen LogP contribution in [0.3, 0.4) is 0 Å². The lowest BCUT2D eigenvalue weighted by Crippen LogP contribution is -2.46. The molecule has 0 spiro atoms. The van der Waals surface area contributed by atoms with Crippen LogP contribution in [0.1, 0.15) is 39.1 Å². The monoisotopic (exact) mass is 707 g/mol. The lowest BCUT2D eigenvalue weighted by Gasteiger charge is -2.34. The van der Waals surface area contributed by atoms with Crippen molar-refractivity contribution in [1.29, 1.82) is 0 Å². The molecule has 2 amide bonds. The van der Waals surface area contributed by atoms with Crippen molar-refractivity contribution in [1.82, 2.24) is 19.4 Å². The van der Waals surface area contributed by atoms with Crippen LogP contribution in [0.25, 0.3) is 11.0 Å². The van der Waals surface area contributed by atoms with E-state index in [0.29, 0.717) is 35.7 Å². The Bertz CT molecular complexity index is 1770. The minimum absolute atomic E-state index is 0. The van der Waals surface area contributed by atoms with Crippen LogP contribution in [0.4, 0.5) is 10.3 Å². The van der Waals surface area contributed by atoms with Crippen molar-refractivity contribution in [3.05, 3.63) is 120 Å². The van der Waals surface area contributed by atoms with Crippen molar-refractivity contribution >= 4 is 53.6 Å². The number of fused-ring (bicyclic) bond motifs is 1. The van der Waals surface area contributed by atoms with Crippen molar-refractivity contribution in [3.63, 3.8) is 0 Å². The predicted octanol–water partition coefficient (Wildman–Crippen LogP) is 6.94. The summed E-state index contributed by atoms with van der Waals surface area (Å²) in [4.78, 5) is 35.8. The van der Waals surface area contributed by atoms with E-state index in [1.807, 2.05) is 24.3 Å². The maximum atomic E-state index is 13.6. The molecule has 2 heterocycles. The second kappa shape index (κ2) is 17.1. The van der Waals surface area contributed by atoms with Crippen molar-refractivity contribution < 1.29 is 23.5 Å². The van der Waals surface area contributed by atoms with Crippen molar-refractivity contribution in [2.45, 2.75) is 25.4 Å². The van der Waals surface area contributed by atoms with E-state index in [4.69, 9.17) is 14.5 Å². The van der Waals surface area contributed by atoms with Crippen LogP contribution < -0.4 is 14.8 Å². The SMILES string of the molecule is COc1ccc(C(=O)N(CCN2CCC(Nc3nc4ccccc4n3Cc3ccc(F)cc3)CC2)C(=O)c2ccc(OC)cc2)cc1.Cl.Cl. The molecule has 1 aliphatic rings. The van der Waals surface area contributed by atoms with Crippen LogP contribution in [0.2, 0.25) is 0 Å². The second-order valence-electron chi connectivity index (χ2n) is 11.6. The molecule has 1 saturated heterocycles. The van der Waals surface area contributed by atoms with Gasteiger partial charge in [0.2, 0.25) is 5.95 Å². The van der Waals surface area contributed by atoms with Crippen LogP contribution in [-0.4, -0.2) is 77.6 Å². The first-order valence-electron chi connectivity index (χ1n) is 15.7. The Kier molecular flexibility index (Phi) is 13.0. The Balaban J connectivity index is 0.00000270. The van der Waals surface area contributed by atoms with Gasteiger partial charge in [0.25, 0.3) is 11.8 Å². The van der Waals surface area contributed by atoms with Gasteiger partial charge in [0, 0.05) is 43.3 Å². The van der Waals surface area contributed by atoms with Gasteiger partial charge in [0.05, 0.1) is 31.8 Å². The zero-order chi connectivity index (χ0) is 32.8. The van der Waals surface area contributed by atoms with Crippen LogP contribution in [0, 0.1) is 5.82 Å². The first kappa shape index (κ1) is 37.2. The lowest BCUT2D eigenvalue weighted by atomic mass is 10.1. The fourth-order valence-corrected chi connectivity index (χ4v) is 5.92. The Labute approximate surface area is 297 Å². The largest absolute Gasteiger partial charge is 0.497 e. The highest BCUT2D eigenvalue weighted by molar-refractivity contribution is 6.10. The summed E-state index contributed by atoms with van der Waals surface area (Å²) in [5.74, 6) is 1.09. The first-order chi connectivity index (χ1) is 22.9. The third-order valence-corrected chi connectivity index (χ3v) is 8.63. The number of piperidine rings is 1. The molecule has 0 radical (unpaired) electrons. The van der Waals surface area contributed by atoms with Crippen LogP contribution in [0.5, 0.6) is 11.5 Å². The summed E-state index contributed by atoms with van der Waals surface area (Å²) in [7, 11) is 3.14. The molecule has 0 atom stereocenters. The Morgan fingerprint density at radius 2 is 1.37 bits per heavy atom. The van der Waals surface area contributed by atoms with E-state index in [1.165, 1.54) is 17.0 Å². The number of hydrogen-bond acceptors (Lipinski definition) is 7. The number of anilines is 1. The standard InChI is InChI=1S/C37H38FN5O4.2ClH/c1-46-31-15-9-27(10-16-31)35(44)42(36(45)28-11-17-32(47-2)18-12-28)24-23-41-21-19-30(20-22-41)39-37-40-33-5-3-4-6-34(33)43(37)25-26-7-13-29(38)14-8-26;;/h3-18,30H,19-25H2,1-2H3,(H,39,40);2*1H. The third kappa shape index (κ3) is 8.89. The minimum atomic E-state index is -0.356. The summed E-state index contributed by atoms with van der Waals surface area (Å²) < 4.78 is 26.2. The number of carbonyl (C=O) groups is 2. The van der Waals surface area contributed by atoms with Gasteiger partial charge in [-0.15, -0.1) is 24.8 Å². The Hall–Kier alpha value is -4.64. The summed E-state index contributed by atoms with van der Waals surface area (Å²) in [5, 5.41) is 3.67. The maximum absolute atomic E-state index is 13.6. The number of halogens is 3. The number of imide groups is 1.